The number of aliphatic carboxylic acids is 1. The van der Waals surface area contributed by atoms with Crippen molar-refractivity contribution in [1.29, 1.82) is 0 Å². The Bertz CT molecular complexity index is 2620. The third-order valence-electron chi connectivity index (χ3n) is 11.5. The monoisotopic (exact) mass is 1050 g/mol. The van der Waals surface area contributed by atoms with Crippen LogP contribution in [0.2, 0.25) is 10.0 Å². The fraction of sp³-hybridized carbons (Fsp3) is 0.339. The normalized spacial score (nSPS) is 11.9. The molecule has 0 bridgehead atoms. The summed E-state index contributed by atoms with van der Waals surface area (Å²) in [5, 5.41) is 16.2. The van der Waals surface area contributed by atoms with Crippen LogP contribution in [0.5, 0.6) is 0 Å². The Morgan fingerprint density at radius 3 is 1.41 bits per heavy atom. The van der Waals surface area contributed by atoms with Crippen molar-refractivity contribution in [2.24, 2.45) is 5.73 Å². The summed E-state index contributed by atoms with van der Waals surface area (Å²) >= 11 is 12.4. The van der Waals surface area contributed by atoms with Crippen LogP contribution in [0, 0.1) is 0 Å². The summed E-state index contributed by atoms with van der Waals surface area (Å²) in [4.78, 5) is 102. The lowest BCUT2D eigenvalue weighted by Gasteiger charge is -2.32. The zero-order chi connectivity index (χ0) is 53.6. The average molecular weight is 1050 g/mol. The van der Waals surface area contributed by atoms with Crippen molar-refractivity contribution in [2.75, 3.05) is 39.3 Å². The molecule has 0 unspecified atom stereocenters. The second-order valence-electron chi connectivity index (χ2n) is 18.8. The van der Waals surface area contributed by atoms with E-state index >= 15 is 0 Å². The van der Waals surface area contributed by atoms with Crippen LogP contribution in [0.3, 0.4) is 0 Å². The first-order chi connectivity index (χ1) is 35.3. The van der Waals surface area contributed by atoms with E-state index in [9.17, 15) is 38.7 Å². The van der Waals surface area contributed by atoms with Crippen LogP contribution in [-0.2, 0) is 66.0 Å². The first-order valence-electron chi connectivity index (χ1n) is 24.3. The van der Waals surface area contributed by atoms with Crippen LogP contribution in [-0.4, -0.2) is 123 Å². The largest absolute Gasteiger partial charge is 0.480 e. The first kappa shape index (κ1) is 57.6. The molecule has 0 heterocycles. The molecular weight excluding hydrogens is 986 g/mol. The van der Waals surface area contributed by atoms with Crippen molar-refractivity contribution >= 4 is 64.8 Å². The number of carbonyl (C=O) groups is 7. The number of halogens is 2. The Morgan fingerprint density at radius 2 is 0.959 bits per heavy atom. The van der Waals surface area contributed by atoms with Crippen molar-refractivity contribution in [3.05, 3.63) is 177 Å². The van der Waals surface area contributed by atoms with Gasteiger partial charge in [0, 0.05) is 49.2 Å². The van der Waals surface area contributed by atoms with Gasteiger partial charge in [0.2, 0.25) is 29.5 Å². The van der Waals surface area contributed by atoms with Crippen molar-refractivity contribution in [3.63, 3.8) is 0 Å². The number of benzene rings is 5. The maximum absolute atomic E-state index is 14.8. The van der Waals surface area contributed by atoms with Crippen LogP contribution >= 0.6 is 23.2 Å². The van der Waals surface area contributed by atoms with E-state index in [0.29, 0.717) is 45.1 Å². The third kappa shape index (κ3) is 20.3. The van der Waals surface area contributed by atoms with Crippen molar-refractivity contribution in [3.8, 4) is 0 Å². The van der Waals surface area contributed by atoms with Crippen molar-refractivity contribution in [2.45, 2.75) is 83.8 Å². The van der Waals surface area contributed by atoms with E-state index in [1.165, 1.54) is 19.6 Å². The summed E-state index contributed by atoms with van der Waals surface area (Å²) in [6.07, 6.45) is 0.427. The van der Waals surface area contributed by atoms with Crippen molar-refractivity contribution in [1.82, 2.24) is 30.2 Å². The number of nitrogens with two attached hydrogens (primary N) is 1. The zero-order valence-electron chi connectivity index (χ0n) is 42.0. The number of carboxylic acids is 1. The highest BCUT2D eigenvalue weighted by atomic mass is 35.5. The molecule has 5 aromatic carbocycles. The van der Waals surface area contributed by atoms with E-state index in [0.717, 1.165) is 5.56 Å². The van der Waals surface area contributed by atoms with E-state index in [2.05, 4.69) is 10.6 Å². The number of carbonyl (C=O) groups excluding carboxylic acids is 6. The second-order valence-corrected chi connectivity index (χ2v) is 19.7. The van der Waals surface area contributed by atoms with E-state index in [1.807, 2.05) is 30.3 Å². The molecule has 0 aliphatic rings. The number of rotatable bonds is 26. The smallest absolute Gasteiger partial charge is 0.407 e. The van der Waals surface area contributed by atoms with Crippen LogP contribution in [0.15, 0.2) is 140 Å². The minimum Gasteiger partial charge on any atom is -0.480 e. The number of amides is 6. The van der Waals surface area contributed by atoms with E-state index in [4.69, 9.17) is 33.7 Å². The van der Waals surface area contributed by atoms with E-state index < -0.39 is 85.5 Å². The molecule has 5 aromatic rings. The minimum absolute atomic E-state index is 0.00260. The number of unbranched alkanes of at least 4 members (excludes halogenated alkanes) is 1. The highest BCUT2D eigenvalue weighted by Crippen LogP contribution is 2.17. The molecular formula is C56H65Cl2N7O9. The van der Waals surface area contributed by atoms with E-state index in [1.54, 1.807) is 130 Å². The lowest BCUT2D eigenvalue weighted by atomic mass is 10.1. The molecule has 0 aliphatic carbocycles. The summed E-state index contributed by atoms with van der Waals surface area (Å²) in [6.45, 7) is 3.29. The Balaban J connectivity index is 1.41. The highest BCUT2D eigenvalue weighted by molar-refractivity contribution is 6.30. The fourth-order valence-electron chi connectivity index (χ4n) is 7.76. The number of carboxylic acid groups (broad SMARTS) is 1. The molecule has 392 valence electrons. The molecule has 2 atom stereocenters. The molecule has 5 N–H and O–H groups in total. The van der Waals surface area contributed by atoms with Crippen LogP contribution < -0.4 is 16.4 Å². The summed E-state index contributed by atoms with van der Waals surface area (Å²) in [6, 6.07) is 38.0. The zero-order valence-corrected chi connectivity index (χ0v) is 43.5. The lowest BCUT2D eigenvalue weighted by Crippen LogP contribution is -2.52. The van der Waals surface area contributed by atoms with Crippen LogP contribution in [0.4, 0.5) is 4.79 Å². The quantitative estimate of drug-likeness (QED) is 0.0421. The molecule has 0 saturated carbocycles. The predicted octanol–water partition coefficient (Wildman–Crippen LogP) is 6.90. The number of nitrogens with zero attached hydrogens (tertiary/aromatic N) is 4. The second kappa shape index (κ2) is 28.8. The lowest BCUT2D eigenvalue weighted by molar-refractivity contribution is -0.148. The fourth-order valence-corrected chi connectivity index (χ4v) is 8.02. The third-order valence-corrected chi connectivity index (χ3v) is 12.0. The summed E-state index contributed by atoms with van der Waals surface area (Å²) in [5.74, 6) is -4.34. The molecule has 16 nitrogen and oxygen atoms in total. The van der Waals surface area contributed by atoms with Gasteiger partial charge in [-0.05, 0) is 92.1 Å². The Hall–Kier alpha value is -7.27. The Labute approximate surface area is 442 Å². The van der Waals surface area contributed by atoms with Gasteiger partial charge in [-0.1, -0.05) is 138 Å². The highest BCUT2D eigenvalue weighted by Gasteiger charge is 2.31. The summed E-state index contributed by atoms with van der Waals surface area (Å²) < 4.78 is 5.34. The maximum atomic E-state index is 14.8. The molecule has 5 rings (SSSR count). The molecule has 0 spiro atoms. The van der Waals surface area contributed by atoms with Gasteiger partial charge in [-0.25, -0.2) is 9.59 Å². The molecule has 0 fully saturated rings. The van der Waals surface area contributed by atoms with Gasteiger partial charge in [0.15, 0.2) is 0 Å². The predicted molar refractivity (Wildman–Crippen MR) is 283 cm³/mol. The molecule has 0 aliphatic heterocycles. The molecule has 74 heavy (non-hydrogen) atoms. The summed E-state index contributed by atoms with van der Waals surface area (Å²) in [7, 11) is 0. The molecule has 0 saturated heterocycles. The van der Waals surface area contributed by atoms with Gasteiger partial charge in [-0.15, -0.1) is 0 Å². The van der Waals surface area contributed by atoms with Gasteiger partial charge in [-0.3, -0.25) is 24.0 Å². The van der Waals surface area contributed by atoms with Crippen molar-refractivity contribution < 1.29 is 43.4 Å². The Kier molecular flexibility index (Phi) is 22.5. The number of nitrogens with one attached hydrogen (secondary N) is 2. The first-order valence-corrected chi connectivity index (χ1v) is 25.0. The van der Waals surface area contributed by atoms with Crippen LogP contribution in [0.1, 0.15) is 61.4 Å². The molecule has 18 heteroatoms. The molecule has 0 radical (unpaired) electrons. The van der Waals surface area contributed by atoms with Gasteiger partial charge in [0.05, 0.1) is 19.1 Å². The van der Waals surface area contributed by atoms with Gasteiger partial charge in [-0.2, -0.15) is 0 Å². The van der Waals surface area contributed by atoms with Gasteiger partial charge >= 0.3 is 12.1 Å². The number of alkyl carbamates (subject to hydrolysis) is 1. The van der Waals surface area contributed by atoms with Gasteiger partial charge in [0.25, 0.3) is 0 Å². The molecule has 6 amide bonds. The number of ether oxygens (including phenoxy) is 1. The van der Waals surface area contributed by atoms with Gasteiger partial charge < -0.3 is 45.8 Å². The summed E-state index contributed by atoms with van der Waals surface area (Å²) in [5.41, 5.74) is 9.25. The number of hydrogen-bond acceptors (Lipinski definition) is 9. The van der Waals surface area contributed by atoms with Gasteiger partial charge in [0.1, 0.15) is 24.7 Å². The minimum atomic E-state index is -1.30. The van der Waals surface area contributed by atoms with E-state index in [-0.39, 0.29) is 45.6 Å². The Morgan fingerprint density at radius 1 is 0.554 bits per heavy atom. The van der Waals surface area contributed by atoms with Crippen LogP contribution in [0.25, 0.3) is 0 Å². The topological polar surface area (TPSA) is 212 Å². The standard InChI is InChI=1S/C56H65Cl2N7O9/c1-56(2,3)74-55(73)60-29-13-14-30-62(53(70)47(59)31-40-15-7-4-8-16-40)37-50(67)65(35-44-23-27-46(58)28-24-44)39-52(69)64(33-42-19-11-6-12-20-42)38-51(68)63(34-43-21-25-45(57)26-22-43)36-49(66)61-48(54(71)72)32-41-17-9-5-10-18-41/h4-12,15-28,47-48H,13-14,29-39,59H2,1-3H3,(H,60,73)(H,61,66)(H,71,72)/t47-,48+/m1/s1. The molecule has 0 aromatic heterocycles. The SMILES string of the molecule is CC(C)(C)OC(=O)NCCCCN(CC(=O)N(CC(=O)N(CC(=O)N(CC(=O)N[C@@H](Cc1ccccc1)C(=O)O)Cc1ccc(Cl)cc1)Cc1ccccc1)Cc1ccc(Cl)cc1)C(=O)[C@H](N)Cc1ccccc1. The maximum Gasteiger partial charge on any atom is 0.407 e. The average Bonchev–Trinajstić information content (AvgIpc) is 3.36. The number of hydrogen-bond donors (Lipinski definition) is 4.